The Kier molecular flexibility index (Phi) is 5.63. The zero-order chi connectivity index (χ0) is 8.69. The van der Waals surface area contributed by atoms with Crippen LogP contribution >= 0.6 is 0 Å². The van der Waals surface area contributed by atoms with Gasteiger partial charge in [-0.1, -0.05) is 26.0 Å². The van der Waals surface area contributed by atoms with Crippen molar-refractivity contribution in [3.8, 4) is 0 Å². The van der Waals surface area contributed by atoms with Crippen LogP contribution in [0.25, 0.3) is 0 Å². The number of unbranched alkanes of at least 4 members (excludes halogenated alkanes) is 1. The van der Waals surface area contributed by atoms with Crippen LogP contribution in [-0.2, 0) is 0 Å². The van der Waals surface area contributed by atoms with Gasteiger partial charge in [0.2, 0.25) is 0 Å². The quantitative estimate of drug-likeness (QED) is 0.586. The van der Waals surface area contributed by atoms with Crippen molar-refractivity contribution in [2.24, 2.45) is 0 Å². The second kappa shape index (κ2) is 6.02. The Bertz CT molecular complexity index is 136. The second-order valence-corrected chi connectivity index (χ2v) is 2.60. The third kappa shape index (κ3) is 3.87. The van der Waals surface area contributed by atoms with Crippen molar-refractivity contribution in [1.29, 1.82) is 0 Å². The van der Waals surface area contributed by atoms with Crippen LogP contribution in [0.1, 0.15) is 33.6 Å². The summed E-state index contributed by atoms with van der Waals surface area (Å²) in [5.41, 5.74) is 1.31. The highest BCUT2D eigenvalue weighted by atomic mass is 15.1. The van der Waals surface area contributed by atoms with E-state index in [1.165, 1.54) is 12.1 Å². The van der Waals surface area contributed by atoms with Crippen LogP contribution in [0.3, 0.4) is 0 Å². The Hall–Kier alpha value is -0.720. The Morgan fingerprint density at radius 1 is 1.45 bits per heavy atom. The zero-order valence-electron chi connectivity index (χ0n) is 7.93. The van der Waals surface area contributed by atoms with Gasteiger partial charge in [-0.2, -0.15) is 0 Å². The topological polar surface area (TPSA) is 3.24 Å². The van der Waals surface area contributed by atoms with E-state index in [1.807, 2.05) is 6.20 Å². The van der Waals surface area contributed by atoms with Crippen molar-refractivity contribution in [3.63, 3.8) is 0 Å². The van der Waals surface area contributed by atoms with Crippen LogP contribution in [0.15, 0.2) is 24.6 Å². The lowest BCUT2D eigenvalue weighted by molar-refractivity contribution is 0.491. The molecule has 0 aromatic heterocycles. The molecule has 0 unspecified atom stereocenters. The second-order valence-electron chi connectivity index (χ2n) is 2.60. The third-order valence-corrected chi connectivity index (χ3v) is 1.74. The van der Waals surface area contributed by atoms with E-state index in [4.69, 9.17) is 0 Å². The van der Waals surface area contributed by atoms with E-state index in [2.05, 4.69) is 38.3 Å². The van der Waals surface area contributed by atoms with Gasteiger partial charge in [-0.25, -0.2) is 0 Å². The zero-order valence-corrected chi connectivity index (χ0v) is 7.93. The smallest absolute Gasteiger partial charge is 0.0193 e. The average molecular weight is 153 g/mol. The highest BCUT2D eigenvalue weighted by Crippen LogP contribution is 2.04. The molecule has 0 aromatic carbocycles. The number of nitrogens with zero attached hydrogens (tertiary/aromatic N) is 1. The minimum atomic E-state index is 1.01. The third-order valence-electron chi connectivity index (χ3n) is 1.74. The minimum Gasteiger partial charge on any atom is -0.353 e. The molecule has 0 radical (unpaired) electrons. The summed E-state index contributed by atoms with van der Waals surface area (Å²) >= 11 is 0. The molecular formula is C10H19N. The maximum absolute atomic E-state index is 3.75. The summed E-state index contributed by atoms with van der Waals surface area (Å²) in [6.45, 7) is 11.2. The van der Waals surface area contributed by atoms with E-state index in [-0.39, 0.29) is 0 Å². The van der Waals surface area contributed by atoms with Crippen LogP contribution in [0, 0.1) is 0 Å². The molecule has 0 saturated carbocycles. The first kappa shape index (κ1) is 10.3. The molecule has 64 valence electrons. The SMILES string of the molecule is C=CN(CC)/C(C)=C\CCC. The van der Waals surface area contributed by atoms with Crippen LogP contribution in [0.2, 0.25) is 0 Å². The molecule has 0 aliphatic rings. The summed E-state index contributed by atoms with van der Waals surface area (Å²) < 4.78 is 0. The van der Waals surface area contributed by atoms with Crippen LogP contribution in [-0.4, -0.2) is 11.4 Å². The molecule has 1 heteroatoms. The Morgan fingerprint density at radius 3 is 2.45 bits per heavy atom. The van der Waals surface area contributed by atoms with Gasteiger partial charge in [-0.3, -0.25) is 0 Å². The number of rotatable bonds is 5. The van der Waals surface area contributed by atoms with E-state index >= 15 is 0 Å². The van der Waals surface area contributed by atoms with Crippen molar-refractivity contribution < 1.29 is 0 Å². The fraction of sp³-hybridized carbons (Fsp3) is 0.600. The largest absolute Gasteiger partial charge is 0.353 e. The van der Waals surface area contributed by atoms with Gasteiger partial charge in [0, 0.05) is 12.2 Å². The maximum Gasteiger partial charge on any atom is 0.0193 e. The van der Waals surface area contributed by atoms with Gasteiger partial charge in [-0.15, -0.1) is 0 Å². The average Bonchev–Trinajstić information content (AvgIpc) is 2.03. The minimum absolute atomic E-state index is 1.01. The molecule has 0 aliphatic carbocycles. The molecule has 0 aliphatic heterocycles. The molecule has 0 atom stereocenters. The standard InChI is InChI=1S/C10H19N/c1-5-8-9-10(4)11(6-2)7-3/h6,9H,2,5,7-8H2,1,3-4H3/b10-9-. The normalized spacial score (nSPS) is 11.4. The fourth-order valence-corrected chi connectivity index (χ4v) is 0.993. The summed E-state index contributed by atoms with van der Waals surface area (Å²) in [5.74, 6) is 0. The summed E-state index contributed by atoms with van der Waals surface area (Å²) in [6, 6.07) is 0. The van der Waals surface area contributed by atoms with E-state index in [9.17, 15) is 0 Å². The van der Waals surface area contributed by atoms with Crippen molar-refractivity contribution in [3.05, 3.63) is 24.6 Å². The number of hydrogen-bond donors (Lipinski definition) is 0. The van der Waals surface area contributed by atoms with E-state index in [1.54, 1.807) is 0 Å². The molecular weight excluding hydrogens is 134 g/mol. The van der Waals surface area contributed by atoms with E-state index < -0.39 is 0 Å². The molecule has 0 saturated heterocycles. The fourth-order valence-electron chi connectivity index (χ4n) is 0.993. The van der Waals surface area contributed by atoms with Crippen LogP contribution in [0.4, 0.5) is 0 Å². The summed E-state index contributed by atoms with van der Waals surface area (Å²) in [5, 5.41) is 0. The predicted octanol–water partition coefficient (Wildman–Crippen LogP) is 3.16. The maximum atomic E-state index is 3.75. The molecule has 1 nitrogen and oxygen atoms in total. The molecule has 0 fully saturated rings. The van der Waals surface area contributed by atoms with Gasteiger partial charge in [0.15, 0.2) is 0 Å². The van der Waals surface area contributed by atoms with Gasteiger partial charge in [0.25, 0.3) is 0 Å². The Balaban J connectivity index is 3.95. The first-order chi connectivity index (χ1) is 5.26. The molecule has 0 bridgehead atoms. The van der Waals surface area contributed by atoms with Gasteiger partial charge < -0.3 is 4.90 Å². The van der Waals surface area contributed by atoms with Gasteiger partial charge in [0.05, 0.1) is 0 Å². The van der Waals surface area contributed by atoms with Gasteiger partial charge in [-0.05, 0) is 26.5 Å². The molecule has 11 heavy (non-hydrogen) atoms. The lowest BCUT2D eigenvalue weighted by atomic mass is 10.3. The van der Waals surface area contributed by atoms with Crippen molar-refractivity contribution >= 4 is 0 Å². The highest BCUT2D eigenvalue weighted by Gasteiger charge is 1.94. The first-order valence-electron chi connectivity index (χ1n) is 4.32. The summed E-state index contributed by atoms with van der Waals surface area (Å²) in [7, 11) is 0. The number of allylic oxidation sites excluding steroid dienone is 2. The Morgan fingerprint density at radius 2 is 2.09 bits per heavy atom. The molecule has 0 heterocycles. The van der Waals surface area contributed by atoms with Crippen molar-refractivity contribution in [2.75, 3.05) is 6.54 Å². The van der Waals surface area contributed by atoms with Gasteiger partial charge >= 0.3 is 0 Å². The lowest BCUT2D eigenvalue weighted by Crippen LogP contribution is -2.12. The predicted molar refractivity (Wildman–Crippen MR) is 51.2 cm³/mol. The molecule has 0 spiro atoms. The van der Waals surface area contributed by atoms with Crippen LogP contribution < -0.4 is 0 Å². The van der Waals surface area contributed by atoms with Crippen molar-refractivity contribution in [1.82, 2.24) is 4.90 Å². The lowest BCUT2D eigenvalue weighted by Gasteiger charge is -2.17. The molecule has 0 N–H and O–H groups in total. The Labute approximate surface area is 70.4 Å². The van der Waals surface area contributed by atoms with E-state index in [0.29, 0.717) is 0 Å². The number of hydrogen-bond acceptors (Lipinski definition) is 1. The highest BCUT2D eigenvalue weighted by molar-refractivity contribution is 5.00. The van der Waals surface area contributed by atoms with Crippen molar-refractivity contribution in [2.45, 2.75) is 33.6 Å². The summed E-state index contributed by atoms with van der Waals surface area (Å²) in [6.07, 6.45) is 6.51. The van der Waals surface area contributed by atoms with Gasteiger partial charge in [0.1, 0.15) is 0 Å². The molecule has 0 rings (SSSR count). The molecule has 0 aromatic rings. The summed E-state index contributed by atoms with van der Waals surface area (Å²) in [4.78, 5) is 2.15. The van der Waals surface area contributed by atoms with Crippen LogP contribution in [0.5, 0.6) is 0 Å². The molecule has 0 amide bonds. The monoisotopic (exact) mass is 153 g/mol. The first-order valence-corrected chi connectivity index (χ1v) is 4.32. The van der Waals surface area contributed by atoms with E-state index in [0.717, 1.165) is 13.0 Å².